The van der Waals surface area contributed by atoms with E-state index in [2.05, 4.69) is 53.8 Å². The standard InChI is InChI=1S/C37H29NO6S/c1-43-37(42)32(38-35(39)29-13-5-6-14-30(29)36(40)41)22-45-21-23-18-19-25(24-10-3-2-4-11-24)31(20-23)28-16-9-15-27-26-12-7-8-17-33(26)44-34(27)28/h2-20,32H,21-22H2,1H3,(H,38,39)(H,40,41). The molecule has 1 amide bonds. The van der Waals surface area contributed by atoms with Gasteiger partial charge in [-0.05, 0) is 46.5 Å². The number of ether oxygens (including phenoxy) is 1. The number of para-hydroxylation sites is 2. The fourth-order valence-electron chi connectivity index (χ4n) is 5.44. The lowest BCUT2D eigenvalue weighted by Crippen LogP contribution is -2.43. The van der Waals surface area contributed by atoms with Gasteiger partial charge in [0.05, 0.1) is 18.2 Å². The Hall–Kier alpha value is -5.34. The number of amides is 1. The van der Waals surface area contributed by atoms with Crippen molar-refractivity contribution >= 4 is 51.5 Å². The molecule has 6 aromatic rings. The van der Waals surface area contributed by atoms with Crippen molar-refractivity contribution in [2.45, 2.75) is 11.8 Å². The van der Waals surface area contributed by atoms with Gasteiger partial charge in [0, 0.05) is 27.8 Å². The number of methoxy groups -OCH3 is 1. The highest BCUT2D eigenvalue weighted by Crippen LogP contribution is 2.40. The minimum Gasteiger partial charge on any atom is -0.478 e. The van der Waals surface area contributed by atoms with Gasteiger partial charge in [-0.1, -0.05) is 91.0 Å². The van der Waals surface area contributed by atoms with Crippen LogP contribution in [-0.4, -0.2) is 41.9 Å². The average Bonchev–Trinajstić information content (AvgIpc) is 3.47. The fourth-order valence-corrected chi connectivity index (χ4v) is 6.43. The molecule has 0 spiro atoms. The molecule has 7 nitrogen and oxygen atoms in total. The minimum atomic E-state index is -1.22. The zero-order valence-corrected chi connectivity index (χ0v) is 25.2. The van der Waals surface area contributed by atoms with Gasteiger partial charge in [0.2, 0.25) is 0 Å². The first-order chi connectivity index (χ1) is 21.9. The predicted molar refractivity (Wildman–Crippen MR) is 177 cm³/mol. The molecule has 2 N–H and O–H groups in total. The molecule has 0 aliphatic carbocycles. The van der Waals surface area contributed by atoms with Crippen molar-refractivity contribution in [2.75, 3.05) is 12.9 Å². The van der Waals surface area contributed by atoms with Crippen LogP contribution >= 0.6 is 11.8 Å². The average molecular weight is 616 g/mol. The van der Waals surface area contributed by atoms with Crippen molar-refractivity contribution in [1.82, 2.24) is 5.32 Å². The molecular formula is C37H29NO6S. The summed E-state index contributed by atoms with van der Waals surface area (Å²) in [6, 6.07) is 35.6. The van der Waals surface area contributed by atoms with Gasteiger partial charge in [0.25, 0.3) is 5.91 Å². The van der Waals surface area contributed by atoms with E-state index < -0.39 is 23.9 Å². The van der Waals surface area contributed by atoms with Crippen LogP contribution in [0.25, 0.3) is 44.2 Å². The summed E-state index contributed by atoms with van der Waals surface area (Å²) >= 11 is 1.46. The number of rotatable bonds is 10. The molecule has 0 aliphatic rings. The molecular weight excluding hydrogens is 586 g/mol. The number of benzene rings is 5. The van der Waals surface area contributed by atoms with Gasteiger partial charge in [-0.2, -0.15) is 11.8 Å². The number of thioether (sulfide) groups is 1. The van der Waals surface area contributed by atoms with Crippen molar-refractivity contribution in [2.24, 2.45) is 0 Å². The summed E-state index contributed by atoms with van der Waals surface area (Å²) in [4.78, 5) is 37.2. The summed E-state index contributed by atoms with van der Waals surface area (Å²) in [6.45, 7) is 0. The van der Waals surface area contributed by atoms with E-state index in [1.165, 1.54) is 31.0 Å². The first-order valence-electron chi connectivity index (χ1n) is 14.3. The highest BCUT2D eigenvalue weighted by molar-refractivity contribution is 7.98. The molecule has 1 aromatic heterocycles. The number of nitrogens with one attached hydrogen (secondary N) is 1. The Morgan fingerprint density at radius 2 is 1.49 bits per heavy atom. The summed E-state index contributed by atoms with van der Waals surface area (Å²) in [7, 11) is 1.25. The van der Waals surface area contributed by atoms with Crippen LogP contribution in [0.1, 0.15) is 26.3 Å². The molecule has 5 aromatic carbocycles. The van der Waals surface area contributed by atoms with Gasteiger partial charge >= 0.3 is 11.9 Å². The topological polar surface area (TPSA) is 106 Å². The lowest BCUT2D eigenvalue weighted by atomic mass is 9.92. The molecule has 0 saturated heterocycles. The molecule has 0 fully saturated rings. The van der Waals surface area contributed by atoms with Gasteiger partial charge in [0.15, 0.2) is 0 Å². The van der Waals surface area contributed by atoms with E-state index in [1.807, 2.05) is 42.5 Å². The molecule has 0 aliphatic heterocycles. The second kappa shape index (κ2) is 13.1. The third-order valence-electron chi connectivity index (χ3n) is 7.61. The number of fused-ring (bicyclic) bond motifs is 3. The SMILES string of the molecule is COC(=O)C(CSCc1ccc(-c2ccccc2)c(-c2cccc3c2oc2ccccc23)c1)NC(=O)c1ccccc1C(=O)O. The number of carbonyl (C=O) groups excluding carboxylic acids is 2. The molecule has 1 unspecified atom stereocenters. The Kier molecular flexibility index (Phi) is 8.66. The third kappa shape index (κ3) is 6.18. The number of carboxylic acid groups (broad SMARTS) is 1. The maximum atomic E-state index is 13.0. The molecule has 0 bridgehead atoms. The van der Waals surface area contributed by atoms with Crippen LogP contribution in [0, 0.1) is 0 Å². The molecule has 0 radical (unpaired) electrons. The van der Waals surface area contributed by atoms with Crippen LogP contribution in [0.4, 0.5) is 0 Å². The Morgan fingerprint density at radius 1 is 0.778 bits per heavy atom. The van der Waals surface area contributed by atoms with Gasteiger partial charge in [-0.3, -0.25) is 4.79 Å². The second-order valence-corrected chi connectivity index (χ2v) is 11.5. The predicted octanol–water partition coefficient (Wildman–Crippen LogP) is 7.82. The van der Waals surface area contributed by atoms with Gasteiger partial charge in [0.1, 0.15) is 17.2 Å². The van der Waals surface area contributed by atoms with E-state index in [1.54, 1.807) is 12.1 Å². The van der Waals surface area contributed by atoms with Crippen molar-refractivity contribution in [3.63, 3.8) is 0 Å². The number of esters is 1. The lowest BCUT2D eigenvalue weighted by molar-refractivity contribution is -0.142. The summed E-state index contributed by atoms with van der Waals surface area (Å²) < 4.78 is 11.3. The number of hydrogen-bond acceptors (Lipinski definition) is 6. The third-order valence-corrected chi connectivity index (χ3v) is 8.72. The second-order valence-electron chi connectivity index (χ2n) is 10.4. The quantitative estimate of drug-likeness (QED) is 0.151. The lowest BCUT2D eigenvalue weighted by Gasteiger charge is -2.17. The Morgan fingerprint density at radius 3 is 2.27 bits per heavy atom. The van der Waals surface area contributed by atoms with Crippen molar-refractivity contribution in [3.05, 3.63) is 132 Å². The number of aromatic carboxylic acids is 1. The fraction of sp³-hybridized carbons (Fsp3) is 0.108. The van der Waals surface area contributed by atoms with E-state index in [0.717, 1.165) is 49.8 Å². The number of carbonyl (C=O) groups is 3. The van der Waals surface area contributed by atoms with Crippen LogP contribution in [0.3, 0.4) is 0 Å². The van der Waals surface area contributed by atoms with Crippen molar-refractivity contribution in [1.29, 1.82) is 0 Å². The summed E-state index contributed by atoms with van der Waals surface area (Å²) in [5.74, 6) is -1.72. The molecule has 45 heavy (non-hydrogen) atoms. The maximum absolute atomic E-state index is 13.0. The summed E-state index contributed by atoms with van der Waals surface area (Å²) in [6.07, 6.45) is 0. The van der Waals surface area contributed by atoms with E-state index in [9.17, 15) is 19.5 Å². The van der Waals surface area contributed by atoms with E-state index in [-0.39, 0.29) is 16.9 Å². The van der Waals surface area contributed by atoms with Crippen LogP contribution in [-0.2, 0) is 15.3 Å². The van der Waals surface area contributed by atoms with E-state index in [4.69, 9.17) is 9.15 Å². The monoisotopic (exact) mass is 615 g/mol. The zero-order chi connectivity index (χ0) is 31.3. The highest BCUT2D eigenvalue weighted by Gasteiger charge is 2.25. The van der Waals surface area contributed by atoms with Crippen LogP contribution in [0.15, 0.2) is 120 Å². The van der Waals surface area contributed by atoms with Crippen molar-refractivity contribution in [3.8, 4) is 22.3 Å². The molecule has 8 heteroatoms. The van der Waals surface area contributed by atoms with Crippen LogP contribution < -0.4 is 5.32 Å². The first-order valence-corrected chi connectivity index (χ1v) is 15.5. The highest BCUT2D eigenvalue weighted by atomic mass is 32.2. The normalized spacial score (nSPS) is 11.8. The maximum Gasteiger partial charge on any atom is 0.336 e. The molecule has 1 atom stereocenters. The van der Waals surface area contributed by atoms with Crippen LogP contribution in [0.5, 0.6) is 0 Å². The number of hydrogen-bond donors (Lipinski definition) is 2. The molecule has 224 valence electrons. The van der Waals surface area contributed by atoms with E-state index in [0.29, 0.717) is 5.75 Å². The first kappa shape index (κ1) is 29.7. The molecule has 1 heterocycles. The summed E-state index contributed by atoms with van der Waals surface area (Å²) in [5, 5.41) is 14.2. The van der Waals surface area contributed by atoms with E-state index >= 15 is 0 Å². The Labute approximate surface area is 263 Å². The van der Waals surface area contributed by atoms with Gasteiger partial charge in [-0.25, -0.2) is 9.59 Å². The minimum absolute atomic E-state index is 0.0233. The van der Waals surface area contributed by atoms with Gasteiger partial charge < -0.3 is 19.6 Å². The van der Waals surface area contributed by atoms with Gasteiger partial charge in [-0.15, -0.1) is 0 Å². The number of furan rings is 1. The Balaban J connectivity index is 1.29. The largest absolute Gasteiger partial charge is 0.478 e. The Bertz CT molecular complexity index is 2030. The zero-order valence-electron chi connectivity index (χ0n) is 24.4. The summed E-state index contributed by atoms with van der Waals surface area (Å²) in [5.41, 5.74) is 6.64. The van der Waals surface area contributed by atoms with Crippen molar-refractivity contribution < 1.29 is 28.6 Å². The number of carboxylic acids is 1. The smallest absolute Gasteiger partial charge is 0.336 e. The molecule has 6 rings (SSSR count). The molecule has 0 saturated carbocycles. The van der Waals surface area contributed by atoms with Crippen LogP contribution in [0.2, 0.25) is 0 Å².